The zero-order valence-corrected chi connectivity index (χ0v) is 8.52. The Labute approximate surface area is 88.3 Å². The minimum absolute atomic E-state index is 0.0730. The molecule has 7 heteroatoms. The number of nitrogens with two attached hydrogens (primary N) is 4. The molecule has 0 aliphatic rings. The number of nitrogens with one attached hydrogen (secondary N) is 1. The third kappa shape index (κ3) is 6.00. The van der Waals surface area contributed by atoms with Gasteiger partial charge < -0.3 is 28.0 Å². The average Bonchev–Trinajstić information content (AvgIpc) is 2.10. The Hall–Kier alpha value is -1.18. The third-order valence-electron chi connectivity index (χ3n) is 2.16. The molecule has 7 nitrogen and oxygen atoms in total. The second-order valence-corrected chi connectivity index (χ2v) is 3.54. The lowest BCUT2D eigenvalue weighted by Gasteiger charge is -2.18. The van der Waals surface area contributed by atoms with Crippen LogP contribution in [0.1, 0.15) is 19.3 Å². The van der Waals surface area contributed by atoms with Crippen LogP contribution in [0.4, 0.5) is 0 Å². The molecule has 0 spiro atoms. The number of hydrogen-bond acceptors (Lipinski definition) is 5. The molecule has 3 atom stereocenters. The second kappa shape index (κ2) is 6.33. The fourth-order valence-corrected chi connectivity index (χ4v) is 1.21. The van der Waals surface area contributed by atoms with Crippen LogP contribution in [0, 0.1) is 11.3 Å². The molecule has 1 amide bonds. The highest BCUT2D eigenvalue weighted by atomic mass is 16.3. The van der Waals surface area contributed by atoms with Gasteiger partial charge in [-0.25, -0.2) is 0 Å². The van der Waals surface area contributed by atoms with E-state index < -0.39 is 18.2 Å². The van der Waals surface area contributed by atoms with E-state index in [1.807, 2.05) is 0 Å². The number of hydrogen-bond donors (Lipinski definition) is 6. The Morgan fingerprint density at radius 3 is 2.13 bits per heavy atom. The summed E-state index contributed by atoms with van der Waals surface area (Å²) in [6.07, 6.45) is -0.107. The summed E-state index contributed by atoms with van der Waals surface area (Å²) < 4.78 is 0. The van der Waals surface area contributed by atoms with Crippen molar-refractivity contribution in [2.24, 2.45) is 28.9 Å². The number of carbonyl (C=O) groups is 1. The van der Waals surface area contributed by atoms with Crippen LogP contribution < -0.4 is 22.9 Å². The van der Waals surface area contributed by atoms with Gasteiger partial charge in [-0.15, -0.1) is 0 Å². The molecule has 0 aliphatic carbocycles. The highest BCUT2D eigenvalue weighted by Gasteiger charge is 2.18. The van der Waals surface area contributed by atoms with Crippen LogP contribution in [0.25, 0.3) is 0 Å². The lowest BCUT2D eigenvalue weighted by Crippen LogP contribution is -2.38. The average molecular weight is 217 g/mol. The molecule has 15 heavy (non-hydrogen) atoms. The largest absolute Gasteiger partial charge is 0.387 e. The number of aliphatic hydroxyl groups excluding tert-OH is 1. The predicted molar refractivity (Wildman–Crippen MR) is 56.6 cm³/mol. The standard InChI is InChI=1S/C8H19N5O2/c9-5(8(13)15)2-1-4(7(11)12)3-6(10)14/h4-6,14H,1-3,9-10H2,(H3,11,12)(H2,13,15)/t4-,5-,6?/m0/s1. The van der Waals surface area contributed by atoms with Gasteiger partial charge in [0.15, 0.2) is 0 Å². The second-order valence-electron chi connectivity index (χ2n) is 3.54. The minimum atomic E-state index is -1.02. The first kappa shape index (κ1) is 13.8. The Bertz CT molecular complexity index is 231. The van der Waals surface area contributed by atoms with E-state index >= 15 is 0 Å². The Kier molecular flexibility index (Phi) is 5.83. The van der Waals surface area contributed by atoms with Gasteiger partial charge in [0, 0.05) is 5.92 Å². The van der Waals surface area contributed by atoms with Crippen molar-refractivity contribution in [2.75, 3.05) is 0 Å². The van der Waals surface area contributed by atoms with Gasteiger partial charge in [-0.2, -0.15) is 0 Å². The lowest BCUT2D eigenvalue weighted by molar-refractivity contribution is -0.119. The Morgan fingerprint density at radius 1 is 1.27 bits per heavy atom. The molecule has 0 rings (SSSR count). The predicted octanol–water partition coefficient (Wildman–Crippen LogP) is -2.20. The lowest BCUT2D eigenvalue weighted by atomic mass is 9.95. The van der Waals surface area contributed by atoms with Crippen LogP contribution in [-0.2, 0) is 4.79 Å². The molecule has 88 valence electrons. The quantitative estimate of drug-likeness (QED) is 0.161. The summed E-state index contributed by atoms with van der Waals surface area (Å²) in [6, 6.07) is -0.748. The number of amides is 1. The molecule has 0 bridgehead atoms. The van der Waals surface area contributed by atoms with Gasteiger partial charge in [0.1, 0.15) is 6.23 Å². The van der Waals surface area contributed by atoms with Gasteiger partial charge in [0.05, 0.1) is 11.9 Å². The maximum absolute atomic E-state index is 10.6. The van der Waals surface area contributed by atoms with Crippen LogP contribution >= 0.6 is 0 Å². The first-order valence-electron chi connectivity index (χ1n) is 4.67. The molecular formula is C8H19N5O2. The van der Waals surface area contributed by atoms with Crippen LogP contribution in [0.2, 0.25) is 0 Å². The number of amidine groups is 1. The molecule has 0 saturated carbocycles. The molecule has 0 saturated heterocycles. The van der Waals surface area contributed by atoms with Gasteiger partial charge in [-0.05, 0) is 19.3 Å². The van der Waals surface area contributed by atoms with E-state index in [2.05, 4.69) is 0 Å². The maximum Gasteiger partial charge on any atom is 0.234 e. The summed E-state index contributed by atoms with van der Waals surface area (Å²) in [7, 11) is 0. The molecule has 0 aromatic rings. The maximum atomic E-state index is 10.6. The van der Waals surface area contributed by atoms with E-state index in [0.717, 1.165) is 0 Å². The normalized spacial score (nSPS) is 16.7. The SMILES string of the molecule is N=C(N)[C@@H](CC[C@H](N)C(N)=O)CC(N)O. The summed E-state index contributed by atoms with van der Waals surface area (Å²) in [4.78, 5) is 10.6. The molecule has 0 aromatic carbocycles. The van der Waals surface area contributed by atoms with Crippen molar-refractivity contribution in [1.29, 1.82) is 5.41 Å². The highest BCUT2D eigenvalue weighted by molar-refractivity contribution is 5.81. The van der Waals surface area contributed by atoms with Crippen molar-refractivity contribution in [3.63, 3.8) is 0 Å². The molecule has 0 aromatic heterocycles. The zero-order valence-electron chi connectivity index (χ0n) is 8.52. The Morgan fingerprint density at radius 2 is 1.80 bits per heavy atom. The van der Waals surface area contributed by atoms with Gasteiger partial charge in [0.25, 0.3) is 0 Å². The summed E-state index contributed by atoms with van der Waals surface area (Å²) in [5.41, 5.74) is 20.9. The summed E-state index contributed by atoms with van der Waals surface area (Å²) >= 11 is 0. The molecule has 0 fully saturated rings. The molecule has 1 unspecified atom stereocenters. The first-order valence-corrected chi connectivity index (χ1v) is 4.67. The zero-order chi connectivity index (χ0) is 12.0. The van der Waals surface area contributed by atoms with Crippen molar-refractivity contribution in [1.82, 2.24) is 0 Å². The van der Waals surface area contributed by atoms with Crippen molar-refractivity contribution in [3.05, 3.63) is 0 Å². The minimum Gasteiger partial charge on any atom is -0.387 e. The summed E-state index contributed by atoms with van der Waals surface area (Å²) in [5, 5.41) is 16.2. The Balaban J connectivity index is 4.07. The molecule has 10 N–H and O–H groups in total. The van der Waals surface area contributed by atoms with E-state index in [1.165, 1.54) is 0 Å². The summed E-state index contributed by atoms with van der Waals surface area (Å²) in [6.45, 7) is 0. The van der Waals surface area contributed by atoms with Crippen molar-refractivity contribution in [3.8, 4) is 0 Å². The summed E-state index contributed by atoms with van der Waals surface area (Å²) in [5.74, 6) is -1.03. The fourth-order valence-electron chi connectivity index (χ4n) is 1.21. The van der Waals surface area contributed by atoms with E-state index in [0.29, 0.717) is 12.8 Å². The van der Waals surface area contributed by atoms with Gasteiger partial charge in [0.2, 0.25) is 5.91 Å². The number of rotatable bonds is 7. The molecular weight excluding hydrogens is 198 g/mol. The van der Waals surface area contributed by atoms with Gasteiger partial charge in [-0.3, -0.25) is 10.2 Å². The smallest absolute Gasteiger partial charge is 0.234 e. The fraction of sp³-hybridized carbons (Fsp3) is 0.750. The monoisotopic (exact) mass is 217 g/mol. The van der Waals surface area contributed by atoms with Crippen LogP contribution in [0.3, 0.4) is 0 Å². The van der Waals surface area contributed by atoms with Gasteiger partial charge >= 0.3 is 0 Å². The van der Waals surface area contributed by atoms with E-state index in [1.54, 1.807) is 0 Å². The van der Waals surface area contributed by atoms with E-state index in [4.69, 9.17) is 33.5 Å². The number of carbonyl (C=O) groups excluding carboxylic acids is 1. The molecule has 0 heterocycles. The third-order valence-corrected chi connectivity index (χ3v) is 2.16. The molecule has 0 aliphatic heterocycles. The van der Waals surface area contributed by atoms with Crippen LogP contribution in [0.15, 0.2) is 0 Å². The molecule has 0 radical (unpaired) electrons. The van der Waals surface area contributed by atoms with Crippen molar-refractivity contribution < 1.29 is 9.90 Å². The highest BCUT2D eigenvalue weighted by Crippen LogP contribution is 2.13. The van der Waals surface area contributed by atoms with Crippen molar-refractivity contribution in [2.45, 2.75) is 31.5 Å². The van der Waals surface area contributed by atoms with Gasteiger partial charge in [-0.1, -0.05) is 0 Å². The topological polar surface area (TPSA) is 165 Å². The number of primary amides is 1. The first-order chi connectivity index (χ1) is 6.84. The van der Waals surface area contributed by atoms with Crippen molar-refractivity contribution >= 4 is 11.7 Å². The van der Waals surface area contributed by atoms with Crippen LogP contribution in [0.5, 0.6) is 0 Å². The van der Waals surface area contributed by atoms with E-state index in [-0.39, 0.29) is 18.2 Å². The van der Waals surface area contributed by atoms with Crippen LogP contribution in [-0.4, -0.2) is 29.1 Å². The number of aliphatic hydroxyl groups is 1. The van der Waals surface area contributed by atoms with E-state index in [9.17, 15) is 4.79 Å².